The van der Waals surface area contributed by atoms with Gasteiger partial charge in [-0.1, -0.05) is 11.2 Å². The first-order chi connectivity index (χ1) is 12.3. The van der Waals surface area contributed by atoms with Gasteiger partial charge in [-0.15, -0.1) is 0 Å². The van der Waals surface area contributed by atoms with Crippen LogP contribution < -0.4 is 4.74 Å². The molecule has 1 atom stereocenters. The SMILES string of the molecule is COc1cccc(-c2nc(C3CCCN3C(=O)OC(C)(C)C)no2)c1C. The topological polar surface area (TPSA) is 77.7 Å². The van der Waals surface area contributed by atoms with E-state index in [9.17, 15) is 4.79 Å². The average Bonchev–Trinajstić information content (AvgIpc) is 3.22. The Morgan fingerprint density at radius 1 is 1.35 bits per heavy atom. The predicted octanol–water partition coefficient (Wildman–Crippen LogP) is 4.13. The fraction of sp³-hybridized carbons (Fsp3) is 0.526. The number of benzene rings is 1. The molecule has 0 radical (unpaired) electrons. The lowest BCUT2D eigenvalue weighted by Crippen LogP contribution is -2.36. The van der Waals surface area contributed by atoms with E-state index < -0.39 is 5.60 Å². The number of carbonyl (C=O) groups is 1. The third-order valence-corrected chi connectivity index (χ3v) is 4.36. The number of rotatable bonds is 3. The minimum absolute atomic E-state index is 0.228. The molecule has 0 aliphatic carbocycles. The van der Waals surface area contributed by atoms with E-state index in [1.54, 1.807) is 12.0 Å². The number of nitrogens with zero attached hydrogens (tertiary/aromatic N) is 3. The lowest BCUT2D eigenvalue weighted by Gasteiger charge is -2.27. The van der Waals surface area contributed by atoms with Crippen molar-refractivity contribution in [3.05, 3.63) is 29.6 Å². The number of methoxy groups -OCH3 is 1. The summed E-state index contributed by atoms with van der Waals surface area (Å²) in [5.41, 5.74) is 1.22. The van der Waals surface area contributed by atoms with E-state index in [1.165, 1.54) is 0 Å². The maximum atomic E-state index is 12.5. The maximum absolute atomic E-state index is 12.5. The van der Waals surface area contributed by atoms with Gasteiger partial charge in [0.15, 0.2) is 5.82 Å². The van der Waals surface area contributed by atoms with E-state index in [0.717, 1.165) is 29.7 Å². The average molecular weight is 359 g/mol. The van der Waals surface area contributed by atoms with Crippen molar-refractivity contribution in [3.63, 3.8) is 0 Å². The third kappa shape index (κ3) is 3.66. The Balaban J connectivity index is 1.84. The van der Waals surface area contributed by atoms with Crippen LogP contribution in [0.4, 0.5) is 4.79 Å². The Hall–Kier alpha value is -2.57. The number of ether oxygens (including phenoxy) is 2. The highest BCUT2D eigenvalue weighted by molar-refractivity contribution is 5.69. The first-order valence-corrected chi connectivity index (χ1v) is 8.77. The molecule has 0 bridgehead atoms. The Bertz CT molecular complexity index is 794. The van der Waals surface area contributed by atoms with Crippen LogP contribution in [0.15, 0.2) is 22.7 Å². The minimum Gasteiger partial charge on any atom is -0.496 e. The van der Waals surface area contributed by atoms with Gasteiger partial charge in [0, 0.05) is 17.7 Å². The van der Waals surface area contributed by atoms with E-state index in [1.807, 2.05) is 45.9 Å². The largest absolute Gasteiger partial charge is 0.496 e. The van der Waals surface area contributed by atoms with Crippen LogP contribution in [0.2, 0.25) is 0 Å². The Morgan fingerprint density at radius 2 is 2.12 bits per heavy atom. The zero-order valence-electron chi connectivity index (χ0n) is 15.9. The number of likely N-dealkylation sites (tertiary alicyclic amines) is 1. The smallest absolute Gasteiger partial charge is 0.410 e. The van der Waals surface area contributed by atoms with Gasteiger partial charge in [0.1, 0.15) is 11.4 Å². The highest BCUT2D eigenvalue weighted by atomic mass is 16.6. The van der Waals surface area contributed by atoms with Crippen molar-refractivity contribution in [3.8, 4) is 17.2 Å². The molecule has 7 nitrogen and oxygen atoms in total. The van der Waals surface area contributed by atoms with Crippen molar-refractivity contribution < 1.29 is 18.8 Å². The van der Waals surface area contributed by atoms with Crippen LogP contribution in [-0.2, 0) is 4.74 Å². The number of aromatic nitrogens is 2. The standard InChI is InChI=1S/C19H25N3O4/c1-12-13(8-6-10-15(12)24-5)17-20-16(21-26-17)14-9-7-11-22(14)18(23)25-19(2,3)4/h6,8,10,14H,7,9,11H2,1-5H3. The first-order valence-electron chi connectivity index (χ1n) is 8.77. The quantitative estimate of drug-likeness (QED) is 0.820. The summed E-state index contributed by atoms with van der Waals surface area (Å²) in [6.07, 6.45) is 1.32. The second kappa shape index (κ2) is 6.97. The van der Waals surface area contributed by atoms with Crippen LogP contribution in [0, 0.1) is 6.92 Å². The van der Waals surface area contributed by atoms with Crippen LogP contribution in [0.5, 0.6) is 5.75 Å². The normalized spacial score (nSPS) is 17.4. The summed E-state index contributed by atoms with van der Waals surface area (Å²) in [4.78, 5) is 18.7. The molecule has 0 spiro atoms. The molecule has 1 amide bonds. The van der Waals surface area contributed by atoms with Gasteiger partial charge < -0.3 is 14.0 Å². The highest BCUT2D eigenvalue weighted by Gasteiger charge is 2.36. The highest BCUT2D eigenvalue weighted by Crippen LogP contribution is 2.34. The summed E-state index contributed by atoms with van der Waals surface area (Å²) in [5.74, 6) is 1.69. The molecular weight excluding hydrogens is 334 g/mol. The summed E-state index contributed by atoms with van der Waals surface area (Å²) in [6, 6.07) is 5.45. The summed E-state index contributed by atoms with van der Waals surface area (Å²) in [5, 5.41) is 4.12. The van der Waals surface area contributed by atoms with E-state index in [0.29, 0.717) is 18.3 Å². The van der Waals surface area contributed by atoms with Gasteiger partial charge in [0.25, 0.3) is 5.89 Å². The molecule has 7 heteroatoms. The summed E-state index contributed by atoms with van der Waals surface area (Å²) in [6.45, 7) is 8.14. The molecule has 1 fully saturated rings. The zero-order chi connectivity index (χ0) is 18.9. The van der Waals surface area contributed by atoms with Gasteiger partial charge in [-0.25, -0.2) is 4.79 Å². The van der Waals surface area contributed by atoms with Gasteiger partial charge >= 0.3 is 6.09 Å². The van der Waals surface area contributed by atoms with Crippen LogP contribution in [0.25, 0.3) is 11.5 Å². The van der Waals surface area contributed by atoms with E-state index >= 15 is 0 Å². The Kier molecular flexibility index (Phi) is 4.89. The molecule has 1 aliphatic rings. The van der Waals surface area contributed by atoms with Crippen molar-refractivity contribution in [2.45, 2.75) is 52.2 Å². The van der Waals surface area contributed by atoms with Crippen molar-refractivity contribution in [2.24, 2.45) is 0 Å². The van der Waals surface area contributed by atoms with E-state index in [2.05, 4.69) is 10.1 Å². The third-order valence-electron chi connectivity index (χ3n) is 4.36. The number of carbonyl (C=O) groups excluding carboxylic acids is 1. The molecule has 140 valence electrons. The fourth-order valence-electron chi connectivity index (χ4n) is 3.12. The van der Waals surface area contributed by atoms with Crippen molar-refractivity contribution in [1.82, 2.24) is 15.0 Å². The molecule has 2 aromatic rings. The molecule has 1 unspecified atom stereocenters. The van der Waals surface area contributed by atoms with Crippen LogP contribution in [-0.4, -0.2) is 40.4 Å². The van der Waals surface area contributed by atoms with E-state index in [-0.39, 0.29) is 12.1 Å². The minimum atomic E-state index is -0.537. The Labute approximate surface area is 153 Å². The van der Waals surface area contributed by atoms with Crippen LogP contribution in [0.1, 0.15) is 51.0 Å². The molecule has 0 N–H and O–H groups in total. The van der Waals surface area contributed by atoms with Gasteiger partial charge in [-0.2, -0.15) is 4.98 Å². The van der Waals surface area contributed by atoms with Crippen molar-refractivity contribution in [1.29, 1.82) is 0 Å². The number of amides is 1. The van der Waals surface area contributed by atoms with Gasteiger partial charge in [-0.3, -0.25) is 4.90 Å². The Morgan fingerprint density at radius 3 is 2.81 bits per heavy atom. The molecule has 26 heavy (non-hydrogen) atoms. The van der Waals surface area contributed by atoms with Crippen LogP contribution in [0.3, 0.4) is 0 Å². The first kappa shape index (κ1) is 18.2. The predicted molar refractivity (Wildman–Crippen MR) is 95.9 cm³/mol. The number of hydrogen-bond donors (Lipinski definition) is 0. The monoisotopic (exact) mass is 359 g/mol. The van der Waals surface area contributed by atoms with Gasteiger partial charge in [0.05, 0.1) is 13.2 Å². The van der Waals surface area contributed by atoms with Gasteiger partial charge in [0.2, 0.25) is 0 Å². The molecule has 1 aliphatic heterocycles. The summed E-state index contributed by atoms with van der Waals surface area (Å²) >= 11 is 0. The molecule has 1 saturated heterocycles. The second-order valence-electron chi connectivity index (χ2n) is 7.42. The van der Waals surface area contributed by atoms with E-state index in [4.69, 9.17) is 14.0 Å². The van der Waals surface area contributed by atoms with Crippen molar-refractivity contribution in [2.75, 3.05) is 13.7 Å². The molecular formula is C19H25N3O4. The molecule has 1 aromatic carbocycles. The lowest BCUT2D eigenvalue weighted by atomic mass is 10.1. The second-order valence-corrected chi connectivity index (χ2v) is 7.42. The zero-order valence-corrected chi connectivity index (χ0v) is 15.9. The summed E-state index contributed by atoms with van der Waals surface area (Å²) < 4.78 is 16.3. The molecule has 1 aromatic heterocycles. The van der Waals surface area contributed by atoms with Crippen molar-refractivity contribution >= 4 is 6.09 Å². The lowest BCUT2D eigenvalue weighted by molar-refractivity contribution is 0.0217. The van der Waals surface area contributed by atoms with Gasteiger partial charge in [-0.05, 0) is 52.7 Å². The molecule has 3 rings (SSSR count). The fourth-order valence-corrected chi connectivity index (χ4v) is 3.12. The molecule has 2 heterocycles. The van der Waals surface area contributed by atoms with Crippen LogP contribution >= 0.6 is 0 Å². The summed E-state index contributed by atoms with van der Waals surface area (Å²) in [7, 11) is 1.63. The maximum Gasteiger partial charge on any atom is 0.410 e. The number of hydrogen-bond acceptors (Lipinski definition) is 6. The molecule has 0 saturated carbocycles.